The van der Waals surface area contributed by atoms with E-state index in [-0.39, 0.29) is 11.2 Å². The fourth-order valence-corrected chi connectivity index (χ4v) is 4.08. The van der Waals surface area contributed by atoms with E-state index in [1.165, 1.54) is 0 Å². The molecule has 0 aromatic heterocycles. The third-order valence-corrected chi connectivity index (χ3v) is 6.03. The van der Waals surface area contributed by atoms with Crippen molar-refractivity contribution >= 4 is 10.0 Å². The molecule has 6 heteroatoms. The van der Waals surface area contributed by atoms with Gasteiger partial charge in [-0.1, -0.05) is 50.2 Å². The second kappa shape index (κ2) is 9.24. The van der Waals surface area contributed by atoms with Gasteiger partial charge in [0.05, 0.1) is 20.0 Å². The monoisotopic (exact) mass is 391 g/mol. The van der Waals surface area contributed by atoms with Crippen molar-refractivity contribution in [3.8, 4) is 11.5 Å². The Kier molecular flexibility index (Phi) is 7.27. The molecule has 0 atom stereocenters. The fraction of sp³-hybridized carbons (Fsp3) is 0.429. The molecule has 2 aromatic carbocycles. The first-order valence-corrected chi connectivity index (χ1v) is 10.7. The van der Waals surface area contributed by atoms with Gasteiger partial charge in [-0.25, -0.2) is 13.1 Å². The van der Waals surface area contributed by atoms with Crippen LogP contribution < -0.4 is 14.2 Å². The molecule has 0 radical (unpaired) electrons. The van der Waals surface area contributed by atoms with Gasteiger partial charge in [0.2, 0.25) is 10.0 Å². The molecule has 0 saturated carbocycles. The maximum atomic E-state index is 12.4. The van der Waals surface area contributed by atoms with E-state index in [9.17, 15) is 8.42 Å². The van der Waals surface area contributed by atoms with Crippen molar-refractivity contribution in [2.45, 2.75) is 32.1 Å². The van der Waals surface area contributed by atoms with Gasteiger partial charge in [0.15, 0.2) is 11.5 Å². The molecular formula is C21H29NO4S. The van der Waals surface area contributed by atoms with Gasteiger partial charge < -0.3 is 9.47 Å². The lowest BCUT2D eigenvalue weighted by Crippen LogP contribution is -2.37. The van der Waals surface area contributed by atoms with Crippen LogP contribution in [-0.4, -0.2) is 34.9 Å². The van der Waals surface area contributed by atoms with Gasteiger partial charge in [-0.2, -0.15) is 0 Å². The second-order valence-electron chi connectivity index (χ2n) is 7.18. The van der Waals surface area contributed by atoms with Gasteiger partial charge in [-0.3, -0.25) is 0 Å². The topological polar surface area (TPSA) is 64.6 Å². The Balaban J connectivity index is 1.94. The minimum atomic E-state index is -3.33. The van der Waals surface area contributed by atoms with Crippen molar-refractivity contribution in [3.63, 3.8) is 0 Å². The smallest absolute Gasteiger partial charge is 0.211 e. The molecular weight excluding hydrogens is 362 g/mol. The number of benzene rings is 2. The van der Waals surface area contributed by atoms with Gasteiger partial charge in [0, 0.05) is 12.0 Å². The number of nitrogens with one attached hydrogen (secondary N) is 1. The van der Waals surface area contributed by atoms with Crippen molar-refractivity contribution < 1.29 is 17.9 Å². The number of methoxy groups -OCH3 is 2. The molecule has 0 bridgehead atoms. The van der Waals surface area contributed by atoms with Crippen LogP contribution in [0.5, 0.6) is 11.5 Å². The maximum absolute atomic E-state index is 12.4. The molecule has 148 valence electrons. The number of ether oxygens (including phenoxy) is 2. The Bertz CT molecular complexity index is 833. The first kappa shape index (κ1) is 21.3. The standard InChI is InChI=1S/C21H29NO4S/c1-21(2,18-12-13-19(25-3)20(15-18)26-4)16-22-27(23,24)14-8-11-17-9-6-5-7-10-17/h5-7,9-10,12-13,15,22H,8,11,14,16H2,1-4H3. The van der Waals surface area contributed by atoms with Crippen molar-refractivity contribution in [3.05, 3.63) is 59.7 Å². The van der Waals surface area contributed by atoms with Crippen LogP contribution in [0.15, 0.2) is 48.5 Å². The van der Waals surface area contributed by atoms with Crippen molar-refractivity contribution in [1.82, 2.24) is 4.72 Å². The largest absolute Gasteiger partial charge is 0.493 e. The summed E-state index contributed by atoms with van der Waals surface area (Å²) in [5.74, 6) is 1.40. The zero-order chi connectivity index (χ0) is 19.9. The number of hydrogen-bond donors (Lipinski definition) is 1. The molecule has 0 amide bonds. The zero-order valence-corrected chi connectivity index (χ0v) is 17.3. The summed E-state index contributed by atoms with van der Waals surface area (Å²) >= 11 is 0. The van der Waals surface area contributed by atoms with Crippen LogP contribution in [0.3, 0.4) is 0 Å². The molecule has 0 heterocycles. The van der Waals surface area contributed by atoms with E-state index in [0.29, 0.717) is 24.5 Å². The van der Waals surface area contributed by atoms with Crippen LogP contribution in [0.4, 0.5) is 0 Å². The summed E-state index contributed by atoms with van der Waals surface area (Å²) in [6, 6.07) is 15.6. The highest BCUT2D eigenvalue weighted by molar-refractivity contribution is 7.89. The molecule has 2 rings (SSSR count). The number of hydrogen-bond acceptors (Lipinski definition) is 4. The first-order chi connectivity index (χ1) is 12.8. The Hall–Kier alpha value is -2.05. The molecule has 1 N–H and O–H groups in total. The minimum Gasteiger partial charge on any atom is -0.493 e. The van der Waals surface area contributed by atoms with E-state index in [2.05, 4.69) is 4.72 Å². The number of sulfonamides is 1. The van der Waals surface area contributed by atoms with E-state index in [1.54, 1.807) is 14.2 Å². The minimum absolute atomic E-state index is 0.115. The van der Waals surface area contributed by atoms with Gasteiger partial charge in [0.25, 0.3) is 0 Å². The molecule has 0 fully saturated rings. The lowest BCUT2D eigenvalue weighted by atomic mass is 9.85. The second-order valence-corrected chi connectivity index (χ2v) is 9.11. The molecule has 0 aliphatic rings. The highest BCUT2D eigenvalue weighted by Gasteiger charge is 2.24. The predicted molar refractivity (Wildman–Crippen MR) is 109 cm³/mol. The average Bonchev–Trinajstić information content (AvgIpc) is 2.66. The molecule has 0 aliphatic heterocycles. The van der Waals surface area contributed by atoms with E-state index in [0.717, 1.165) is 17.5 Å². The van der Waals surface area contributed by atoms with Crippen molar-refractivity contribution in [2.75, 3.05) is 26.5 Å². The summed E-state index contributed by atoms with van der Waals surface area (Å²) in [5.41, 5.74) is 1.75. The van der Waals surface area contributed by atoms with E-state index >= 15 is 0 Å². The summed E-state index contributed by atoms with van der Waals surface area (Å²) in [6.45, 7) is 4.32. The Morgan fingerprint density at radius 1 is 0.963 bits per heavy atom. The molecule has 5 nitrogen and oxygen atoms in total. The van der Waals surface area contributed by atoms with E-state index in [4.69, 9.17) is 9.47 Å². The molecule has 2 aromatic rings. The normalized spacial score (nSPS) is 12.0. The van der Waals surface area contributed by atoms with E-state index in [1.807, 2.05) is 62.4 Å². The zero-order valence-electron chi connectivity index (χ0n) is 16.5. The van der Waals surface area contributed by atoms with Crippen molar-refractivity contribution in [1.29, 1.82) is 0 Å². The van der Waals surface area contributed by atoms with Gasteiger partial charge in [-0.05, 0) is 36.1 Å². The predicted octanol–water partition coefficient (Wildman–Crippen LogP) is 3.53. The number of rotatable bonds is 10. The van der Waals surface area contributed by atoms with Crippen LogP contribution >= 0.6 is 0 Å². The summed E-state index contributed by atoms with van der Waals surface area (Å²) < 4.78 is 38.1. The lowest BCUT2D eigenvalue weighted by molar-refractivity contribution is 0.353. The third kappa shape index (κ3) is 6.26. The third-order valence-electron chi connectivity index (χ3n) is 4.62. The van der Waals surface area contributed by atoms with Crippen LogP contribution in [0.1, 0.15) is 31.4 Å². The number of aryl methyl sites for hydroxylation is 1. The molecule has 0 spiro atoms. The SMILES string of the molecule is COc1ccc(C(C)(C)CNS(=O)(=O)CCCc2ccccc2)cc1OC. The molecule has 0 aliphatic carbocycles. The van der Waals surface area contributed by atoms with E-state index < -0.39 is 10.0 Å². The van der Waals surface area contributed by atoms with Crippen LogP contribution in [-0.2, 0) is 21.9 Å². The average molecular weight is 392 g/mol. The van der Waals surface area contributed by atoms with Crippen LogP contribution in [0, 0.1) is 0 Å². The maximum Gasteiger partial charge on any atom is 0.211 e. The molecule has 27 heavy (non-hydrogen) atoms. The highest BCUT2D eigenvalue weighted by atomic mass is 32.2. The Morgan fingerprint density at radius 3 is 2.26 bits per heavy atom. The quantitative estimate of drug-likeness (QED) is 0.673. The Labute approximate surface area is 162 Å². The lowest BCUT2D eigenvalue weighted by Gasteiger charge is -2.26. The van der Waals surface area contributed by atoms with Gasteiger partial charge in [-0.15, -0.1) is 0 Å². The van der Waals surface area contributed by atoms with Crippen LogP contribution in [0.2, 0.25) is 0 Å². The summed E-state index contributed by atoms with van der Waals surface area (Å²) in [5, 5.41) is 0. The summed E-state index contributed by atoms with van der Waals surface area (Å²) in [4.78, 5) is 0. The van der Waals surface area contributed by atoms with Crippen molar-refractivity contribution in [2.24, 2.45) is 0 Å². The fourth-order valence-electron chi connectivity index (χ4n) is 2.83. The highest BCUT2D eigenvalue weighted by Crippen LogP contribution is 2.33. The first-order valence-electron chi connectivity index (χ1n) is 9.01. The summed E-state index contributed by atoms with van der Waals surface area (Å²) in [7, 11) is -0.150. The van der Waals surface area contributed by atoms with Crippen LogP contribution in [0.25, 0.3) is 0 Å². The summed E-state index contributed by atoms with van der Waals surface area (Å²) in [6.07, 6.45) is 1.34. The molecule has 0 saturated heterocycles. The Morgan fingerprint density at radius 2 is 1.63 bits per heavy atom. The molecule has 0 unspecified atom stereocenters. The van der Waals surface area contributed by atoms with Gasteiger partial charge >= 0.3 is 0 Å². The van der Waals surface area contributed by atoms with Gasteiger partial charge in [0.1, 0.15) is 0 Å².